The van der Waals surface area contributed by atoms with Crippen molar-refractivity contribution in [2.24, 2.45) is 0 Å². The van der Waals surface area contributed by atoms with Crippen LogP contribution in [0.3, 0.4) is 0 Å². The van der Waals surface area contributed by atoms with Crippen LogP contribution in [-0.4, -0.2) is 29.6 Å². The largest absolute Gasteiger partial charge is 0.492 e. The SMILES string of the molecule is CCOc1ccc(CN2CCC(c3ccncc3)CC2)cc1Cl. The summed E-state index contributed by atoms with van der Waals surface area (Å²) in [5, 5.41) is 0.705. The van der Waals surface area contributed by atoms with Crippen molar-refractivity contribution in [3.05, 3.63) is 58.9 Å². The normalized spacial score (nSPS) is 16.4. The Morgan fingerprint density at radius 3 is 2.57 bits per heavy atom. The van der Waals surface area contributed by atoms with Crippen LogP contribution in [0.2, 0.25) is 5.02 Å². The summed E-state index contributed by atoms with van der Waals surface area (Å²) in [5.74, 6) is 1.44. The van der Waals surface area contributed by atoms with E-state index >= 15 is 0 Å². The molecule has 23 heavy (non-hydrogen) atoms. The van der Waals surface area contributed by atoms with Crippen molar-refractivity contribution in [1.82, 2.24) is 9.88 Å². The number of pyridine rings is 1. The lowest BCUT2D eigenvalue weighted by Gasteiger charge is -2.32. The van der Waals surface area contributed by atoms with Crippen LogP contribution in [0.25, 0.3) is 0 Å². The quantitative estimate of drug-likeness (QED) is 0.806. The maximum absolute atomic E-state index is 6.28. The van der Waals surface area contributed by atoms with Gasteiger partial charge in [0.25, 0.3) is 0 Å². The molecule has 1 aromatic heterocycles. The fourth-order valence-corrected chi connectivity index (χ4v) is 3.49. The number of benzene rings is 1. The molecule has 0 amide bonds. The van der Waals surface area contributed by atoms with Gasteiger partial charge in [0, 0.05) is 18.9 Å². The minimum atomic E-state index is 0.640. The van der Waals surface area contributed by atoms with Crippen molar-refractivity contribution >= 4 is 11.6 Å². The van der Waals surface area contributed by atoms with E-state index in [-0.39, 0.29) is 0 Å². The van der Waals surface area contributed by atoms with Gasteiger partial charge in [0.05, 0.1) is 11.6 Å². The van der Waals surface area contributed by atoms with Crippen molar-refractivity contribution in [1.29, 1.82) is 0 Å². The van der Waals surface area contributed by atoms with Gasteiger partial charge in [0.2, 0.25) is 0 Å². The molecular weight excluding hydrogens is 308 g/mol. The lowest BCUT2D eigenvalue weighted by Crippen LogP contribution is -2.32. The van der Waals surface area contributed by atoms with Gasteiger partial charge < -0.3 is 4.74 Å². The fraction of sp³-hybridized carbons (Fsp3) is 0.421. The number of ether oxygens (including phenoxy) is 1. The Kier molecular flexibility index (Phi) is 5.52. The van der Waals surface area contributed by atoms with Crippen LogP contribution in [0.4, 0.5) is 0 Å². The molecule has 0 saturated carbocycles. The third-order valence-corrected chi connectivity index (χ3v) is 4.76. The number of hydrogen-bond donors (Lipinski definition) is 0. The lowest BCUT2D eigenvalue weighted by molar-refractivity contribution is 0.204. The Bertz CT molecular complexity index is 625. The molecule has 3 rings (SSSR count). The molecule has 0 bridgehead atoms. The average Bonchev–Trinajstić information content (AvgIpc) is 2.59. The first kappa shape index (κ1) is 16.3. The Morgan fingerprint density at radius 2 is 1.91 bits per heavy atom. The molecule has 0 N–H and O–H groups in total. The molecule has 0 spiro atoms. The Labute approximate surface area is 143 Å². The predicted molar refractivity (Wildman–Crippen MR) is 94.1 cm³/mol. The first-order chi connectivity index (χ1) is 11.3. The minimum Gasteiger partial charge on any atom is -0.492 e. The highest BCUT2D eigenvalue weighted by atomic mass is 35.5. The number of hydrogen-bond acceptors (Lipinski definition) is 3. The van der Waals surface area contributed by atoms with Gasteiger partial charge >= 0.3 is 0 Å². The summed E-state index contributed by atoms with van der Waals surface area (Å²) in [6.07, 6.45) is 6.19. The number of aromatic nitrogens is 1. The van der Waals surface area contributed by atoms with E-state index < -0.39 is 0 Å². The highest BCUT2D eigenvalue weighted by molar-refractivity contribution is 6.32. The average molecular weight is 331 g/mol. The number of halogens is 1. The van der Waals surface area contributed by atoms with Gasteiger partial charge in [0.1, 0.15) is 5.75 Å². The Balaban J connectivity index is 1.55. The summed E-state index contributed by atoms with van der Waals surface area (Å²) in [6.45, 7) is 5.81. The third kappa shape index (κ3) is 4.24. The van der Waals surface area contributed by atoms with Gasteiger partial charge in [-0.1, -0.05) is 17.7 Å². The van der Waals surface area contributed by atoms with Crippen LogP contribution in [0.15, 0.2) is 42.7 Å². The molecule has 1 saturated heterocycles. The van der Waals surface area contributed by atoms with E-state index in [1.165, 1.54) is 24.0 Å². The van der Waals surface area contributed by atoms with E-state index in [0.717, 1.165) is 25.4 Å². The maximum atomic E-state index is 6.28. The van der Waals surface area contributed by atoms with Gasteiger partial charge in [0.15, 0.2) is 0 Å². The van der Waals surface area contributed by atoms with Gasteiger partial charge in [-0.25, -0.2) is 0 Å². The van der Waals surface area contributed by atoms with Gasteiger partial charge in [-0.15, -0.1) is 0 Å². The summed E-state index contributed by atoms with van der Waals surface area (Å²) in [5.41, 5.74) is 2.67. The predicted octanol–water partition coefficient (Wildman–Crippen LogP) is 4.51. The molecule has 3 nitrogen and oxygen atoms in total. The van der Waals surface area contributed by atoms with E-state index in [1.54, 1.807) is 0 Å². The summed E-state index contributed by atoms with van der Waals surface area (Å²) in [7, 11) is 0. The standard InChI is InChI=1S/C19H23ClN2O/c1-2-23-19-4-3-15(13-18(19)20)14-22-11-7-17(8-12-22)16-5-9-21-10-6-16/h3-6,9-10,13,17H,2,7-8,11-12,14H2,1H3. The van der Waals surface area contributed by atoms with E-state index in [1.807, 2.05) is 31.5 Å². The molecule has 122 valence electrons. The van der Waals surface area contributed by atoms with Crippen LogP contribution in [0.1, 0.15) is 36.8 Å². The number of likely N-dealkylation sites (tertiary alicyclic amines) is 1. The smallest absolute Gasteiger partial charge is 0.137 e. The van der Waals surface area contributed by atoms with Crippen LogP contribution >= 0.6 is 11.6 Å². The van der Waals surface area contributed by atoms with Crippen molar-refractivity contribution in [3.63, 3.8) is 0 Å². The fourth-order valence-electron chi connectivity index (χ4n) is 3.23. The summed E-state index contributed by atoms with van der Waals surface area (Å²) >= 11 is 6.28. The monoisotopic (exact) mass is 330 g/mol. The first-order valence-corrected chi connectivity index (χ1v) is 8.67. The Morgan fingerprint density at radius 1 is 1.17 bits per heavy atom. The number of piperidine rings is 1. The van der Waals surface area contributed by atoms with Crippen molar-refractivity contribution in [3.8, 4) is 5.75 Å². The molecule has 1 aromatic carbocycles. The second-order valence-corrected chi connectivity index (χ2v) is 6.44. The molecule has 1 fully saturated rings. The van der Waals surface area contributed by atoms with Crippen LogP contribution < -0.4 is 4.74 Å². The number of nitrogens with zero attached hydrogens (tertiary/aromatic N) is 2. The van der Waals surface area contributed by atoms with E-state index in [2.05, 4.69) is 28.1 Å². The van der Waals surface area contributed by atoms with Crippen LogP contribution in [-0.2, 0) is 6.54 Å². The Hall–Kier alpha value is -1.58. The third-order valence-electron chi connectivity index (χ3n) is 4.47. The second-order valence-electron chi connectivity index (χ2n) is 6.03. The first-order valence-electron chi connectivity index (χ1n) is 8.29. The van der Waals surface area contributed by atoms with Gasteiger partial charge in [-0.3, -0.25) is 9.88 Å². The second kappa shape index (κ2) is 7.80. The van der Waals surface area contributed by atoms with Gasteiger partial charge in [-0.05, 0) is 74.2 Å². The minimum absolute atomic E-state index is 0.640. The molecule has 0 aliphatic carbocycles. The summed E-state index contributed by atoms with van der Waals surface area (Å²) in [6, 6.07) is 10.4. The molecule has 0 atom stereocenters. The molecule has 2 heterocycles. The topological polar surface area (TPSA) is 25.4 Å². The summed E-state index contributed by atoms with van der Waals surface area (Å²) in [4.78, 5) is 6.61. The van der Waals surface area contributed by atoms with Crippen LogP contribution in [0.5, 0.6) is 5.75 Å². The molecule has 1 aliphatic rings. The van der Waals surface area contributed by atoms with Gasteiger partial charge in [-0.2, -0.15) is 0 Å². The maximum Gasteiger partial charge on any atom is 0.137 e. The summed E-state index contributed by atoms with van der Waals surface area (Å²) < 4.78 is 5.49. The van der Waals surface area contributed by atoms with E-state index in [4.69, 9.17) is 16.3 Å². The van der Waals surface area contributed by atoms with E-state index in [9.17, 15) is 0 Å². The number of rotatable bonds is 5. The van der Waals surface area contributed by atoms with Crippen LogP contribution in [0, 0.1) is 0 Å². The van der Waals surface area contributed by atoms with Crippen molar-refractivity contribution in [2.45, 2.75) is 32.2 Å². The molecule has 1 aliphatic heterocycles. The van der Waals surface area contributed by atoms with E-state index in [0.29, 0.717) is 17.5 Å². The molecule has 0 unspecified atom stereocenters. The zero-order valence-corrected chi connectivity index (χ0v) is 14.3. The molecule has 0 radical (unpaired) electrons. The molecular formula is C19H23ClN2O. The molecule has 2 aromatic rings. The van der Waals surface area contributed by atoms with Crippen molar-refractivity contribution < 1.29 is 4.74 Å². The zero-order valence-electron chi connectivity index (χ0n) is 13.5. The lowest BCUT2D eigenvalue weighted by atomic mass is 9.90. The highest BCUT2D eigenvalue weighted by Crippen LogP contribution is 2.30. The zero-order chi connectivity index (χ0) is 16.1. The van der Waals surface area contributed by atoms with Crippen molar-refractivity contribution in [2.75, 3.05) is 19.7 Å². The molecule has 4 heteroatoms. The highest BCUT2D eigenvalue weighted by Gasteiger charge is 2.20.